The Balaban J connectivity index is 0.00000242. The molecule has 0 unspecified atom stereocenters. The first kappa shape index (κ1) is 19.6. The molecule has 2 rings (SSSR count). The molecule has 0 spiro atoms. The number of thioether (sulfide) groups is 1. The number of piperidine rings is 1. The van der Waals surface area contributed by atoms with Gasteiger partial charge in [0.1, 0.15) is 0 Å². The molecule has 2 aliphatic heterocycles. The van der Waals surface area contributed by atoms with Crippen LogP contribution < -0.4 is 5.73 Å². The molecular weight excluding hydrogens is 322 g/mol. The molecule has 0 aromatic carbocycles. The van der Waals surface area contributed by atoms with Crippen molar-refractivity contribution >= 4 is 36.0 Å². The fraction of sp³-hybridized carbons (Fsp3) is 0.867. The van der Waals surface area contributed by atoms with Gasteiger partial charge in [-0.15, -0.1) is 12.4 Å². The van der Waals surface area contributed by atoms with Crippen LogP contribution in [0.1, 0.15) is 32.1 Å². The van der Waals surface area contributed by atoms with Gasteiger partial charge in [-0.1, -0.05) is 0 Å². The van der Waals surface area contributed by atoms with Crippen LogP contribution >= 0.6 is 24.2 Å². The van der Waals surface area contributed by atoms with Crippen LogP contribution in [0.2, 0.25) is 0 Å². The molecule has 0 aromatic heterocycles. The lowest BCUT2D eigenvalue weighted by atomic mass is 9.95. The Kier molecular flexibility index (Phi) is 8.57. The van der Waals surface area contributed by atoms with Gasteiger partial charge in [-0.05, 0) is 44.1 Å². The van der Waals surface area contributed by atoms with E-state index in [1.54, 1.807) is 11.8 Å². The van der Waals surface area contributed by atoms with Gasteiger partial charge in [0.05, 0.1) is 6.04 Å². The van der Waals surface area contributed by atoms with E-state index in [0.29, 0.717) is 19.0 Å². The molecule has 0 aromatic rings. The van der Waals surface area contributed by atoms with Gasteiger partial charge in [0, 0.05) is 32.1 Å². The predicted molar refractivity (Wildman–Crippen MR) is 93.3 cm³/mol. The third kappa shape index (κ3) is 5.03. The van der Waals surface area contributed by atoms with Gasteiger partial charge in [-0.3, -0.25) is 9.59 Å². The Morgan fingerprint density at radius 1 is 1.14 bits per heavy atom. The number of hydrogen-bond acceptors (Lipinski definition) is 4. The second-order valence-corrected chi connectivity index (χ2v) is 7.01. The molecule has 0 radical (unpaired) electrons. The topological polar surface area (TPSA) is 66.6 Å². The quantitative estimate of drug-likeness (QED) is 0.813. The fourth-order valence-electron chi connectivity index (χ4n) is 3.15. The van der Waals surface area contributed by atoms with Gasteiger partial charge in [0.25, 0.3) is 0 Å². The van der Waals surface area contributed by atoms with Crippen molar-refractivity contribution in [2.45, 2.75) is 38.1 Å². The van der Waals surface area contributed by atoms with Crippen molar-refractivity contribution in [2.24, 2.45) is 11.7 Å². The van der Waals surface area contributed by atoms with Crippen LogP contribution in [-0.2, 0) is 9.59 Å². The molecule has 22 heavy (non-hydrogen) atoms. The molecular formula is C15H28ClN3O2S. The average molecular weight is 350 g/mol. The number of amides is 2. The van der Waals surface area contributed by atoms with Crippen molar-refractivity contribution in [3.8, 4) is 0 Å². The van der Waals surface area contributed by atoms with E-state index in [1.807, 2.05) is 16.1 Å². The third-order valence-electron chi connectivity index (χ3n) is 4.52. The largest absolute Gasteiger partial charge is 0.342 e. The molecule has 2 heterocycles. The summed E-state index contributed by atoms with van der Waals surface area (Å²) in [6.45, 7) is 3.18. The van der Waals surface area contributed by atoms with Gasteiger partial charge in [0.15, 0.2) is 0 Å². The molecule has 0 aliphatic carbocycles. The summed E-state index contributed by atoms with van der Waals surface area (Å²) in [7, 11) is 0. The summed E-state index contributed by atoms with van der Waals surface area (Å²) in [5, 5.41) is 0. The second-order valence-electron chi connectivity index (χ2n) is 6.02. The highest BCUT2D eigenvalue weighted by molar-refractivity contribution is 7.98. The van der Waals surface area contributed by atoms with E-state index in [0.717, 1.165) is 50.9 Å². The van der Waals surface area contributed by atoms with Crippen molar-refractivity contribution in [3.05, 3.63) is 0 Å². The number of nitrogens with zero attached hydrogens (tertiary/aromatic N) is 2. The summed E-state index contributed by atoms with van der Waals surface area (Å²) in [6, 6.07) is -0.386. The Bertz CT molecular complexity index is 370. The molecule has 5 nitrogen and oxygen atoms in total. The molecule has 0 bridgehead atoms. The minimum atomic E-state index is -0.386. The maximum Gasteiger partial charge on any atom is 0.239 e. The van der Waals surface area contributed by atoms with Crippen molar-refractivity contribution < 1.29 is 9.59 Å². The molecule has 1 atom stereocenters. The van der Waals surface area contributed by atoms with Crippen molar-refractivity contribution in [1.29, 1.82) is 0 Å². The Labute approximate surface area is 143 Å². The smallest absolute Gasteiger partial charge is 0.239 e. The first-order valence-electron chi connectivity index (χ1n) is 7.95. The zero-order valence-corrected chi connectivity index (χ0v) is 15.0. The lowest BCUT2D eigenvalue weighted by molar-refractivity contribution is -0.140. The van der Waals surface area contributed by atoms with Crippen LogP contribution in [0, 0.1) is 5.92 Å². The van der Waals surface area contributed by atoms with E-state index in [1.165, 1.54) is 0 Å². The first-order valence-corrected chi connectivity index (χ1v) is 9.35. The molecule has 7 heteroatoms. The summed E-state index contributed by atoms with van der Waals surface area (Å²) in [5.41, 5.74) is 5.95. The van der Waals surface area contributed by atoms with Gasteiger partial charge in [0.2, 0.25) is 11.8 Å². The summed E-state index contributed by atoms with van der Waals surface area (Å²) in [4.78, 5) is 28.4. The minimum absolute atomic E-state index is 0. The summed E-state index contributed by atoms with van der Waals surface area (Å²) in [5.74, 6) is 1.37. The number of rotatable bonds is 5. The number of likely N-dealkylation sites (tertiary alicyclic amines) is 2. The Morgan fingerprint density at radius 2 is 1.73 bits per heavy atom. The predicted octanol–water partition coefficient (Wildman–Crippen LogP) is 1.35. The highest BCUT2D eigenvalue weighted by Gasteiger charge is 2.32. The SMILES string of the molecule is CSCC[C@H](N)C(=O)N1CCC(C(=O)N2CCCC2)CC1.Cl. The minimum Gasteiger partial charge on any atom is -0.342 e. The lowest BCUT2D eigenvalue weighted by Crippen LogP contribution is -2.49. The number of halogens is 1. The standard InChI is InChI=1S/C15H27N3O2S.ClH/c1-21-11-6-13(16)15(20)18-9-4-12(5-10-18)14(19)17-7-2-3-8-17;/h12-13H,2-11,16H2,1H3;1H/t13-;/m0./s1. The van der Waals surface area contributed by atoms with Crippen molar-refractivity contribution in [2.75, 3.05) is 38.2 Å². The average Bonchev–Trinajstić information content (AvgIpc) is 3.05. The van der Waals surface area contributed by atoms with Crippen molar-refractivity contribution in [1.82, 2.24) is 9.80 Å². The first-order chi connectivity index (χ1) is 10.1. The summed E-state index contributed by atoms with van der Waals surface area (Å²) in [6.07, 6.45) is 6.59. The number of hydrogen-bond donors (Lipinski definition) is 1. The molecule has 2 saturated heterocycles. The molecule has 0 saturated carbocycles. The van der Waals surface area contributed by atoms with Gasteiger partial charge < -0.3 is 15.5 Å². The zero-order chi connectivity index (χ0) is 15.2. The number of carbonyl (C=O) groups is 2. The monoisotopic (exact) mass is 349 g/mol. The highest BCUT2D eigenvalue weighted by Crippen LogP contribution is 2.22. The van der Waals surface area contributed by atoms with E-state index in [4.69, 9.17) is 5.73 Å². The van der Waals surface area contributed by atoms with Crippen LogP contribution in [0.25, 0.3) is 0 Å². The van der Waals surface area contributed by atoms with Crippen LogP contribution in [0.5, 0.6) is 0 Å². The third-order valence-corrected chi connectivity index (χ3v) is 5.17. The summed E-state index contributed by atoms with van der Waals surface area (Å²) >= 11 is 1.71. The second kappa shape index (κ2) is 9.63. The molecule has 2 fully saturated rings. The zero-order valence-electron chi connectivity index (χ0n) is 13.3. The Morgan fingerprint density at radius 3 is 2.27 bits per heavy atom. The van der Waals surface area contributed by atoms with Crippen LogP contribution in [0.4, 0.5) is 0 Å². The van der Waals surface area contributed by atoms with E-state index in [9.17, 15) is 9.59 Å². The van der Waals surface area contributed by atoms with Crippen molar-refractivity contribution in [3.63, 3.8) is 0 Å². The fourth-order valence-corrected chi connectivity index (χ4v) is 3.63. The highest BCUT2D eigenvalue weighted by atomic mass is 35.5. The van der Waals surface area contributed by atoms with E-state index >= 15 is 0 Å². The van der Waals surface area contributed by atoms with Crippen LogP contribution in [0.15, 0.2) is 0 Å². The maximum atomic E-state index is 12.3. The molecule has 128 valence electrons. The van der Waals surface area contributed by atoms with Gasteiger partial charge in [-0.2, -0.15) is 11.8 Å². The molecule has 2 N–H and O–H groups in total. The number of carbonyl (C=O) groups excluding carboxylic acids is 2. The van der Waals surface area contributed by atoms with E-state index in [-0.39, 0.29) is 30.3 Å². The lowest BCUT2D eigenvalue weighted by Gasteiger charge is -2.34. The number of nitrogens with two attached hydrogens (primary N) is 1. The molecule has 2 amide bonds. The van der Waals surface area contributed by atoms with Crippen LogP contribution in [0.3, 0.4) is 0 Å². The van der Waals surface area contributed by atoms with E-state index < -0.39 is 0 Å². The maximum absolute atomic E-state index is 12.3. The van der Waals surface area contributed by atoms with E-state index in [2.05, 4.69) is 0 Å². The Hall–Kier alpha value is -0.460. The summed E-state index contributed by atoms with van der Waals surface area (Å²) < 4.78 is 0. The van der Waals surface area contributed by atoms with Gasteiger partial charge in [-0.25, -0.2) is 0 Å². The van der Waals surface area contributed by atoms with Crippen LogP contribution in [-0.4, -0.2) is 65.8 Å². The van der Waals surface area contributed by atoms with Gasteiger partial charge >= 0.3 is 0 Å². The molecule has 2 aliphatic rings. The normalized spacial score (nSPS) is 20.6.